The van der Waals surface area contributed by atoms with Crippen molar-refractivity contribution in [3.05, 3.63) is 42.1 Å². The van der Waals surface area contributed by atoms with Crippen LogP contribution in [0, 0.1) is 0 Å². The molecule has 0 aliphatic rings. The summed E-state index contributed by atoms with van der Waals surface area (Å²) < 4.78 is 3.15. The van der Waals surface area contributed by atoms with Crippen LogP contribution in [-0.4, -0.2) is 30.3 Å². The van der Waals surface area contributed by atoms with Crippen LogP contribution in [0.15, 0.2) is 31.0 Å². The molecule has 102 valence electrons. The number of anilines is 1. The van der Waals surface area contributed by atoms with Crippen LogP contribution in [0.3, 0.4) is 0 Å². The molecule has 0 bridgehead atoms. The van der Waals surface area contributed by atoms with E-state index in [4.69, 9.17) is 5.73 Å². The van der Waals surface area contributed by atoms with Crippen LogP contribution >= 0.6 is 0 Å². The van der Waals surface area contributed by atoms with E-state index in [-0.39, 0.29) is 5.91 Å². The molecule has 0 saturated carbocycles. The highest BCUT2D eigenvalue weighted by atomic mass is 16.1. The molecular formula is C12H13N7O. The predicted molar refractivity (Wildman–Crippen MR) is 71.8 cm³/mol. The van der Waals surface area contributed by atoms with E-state index in [0.29, 0.717) is 23.4 Å². The van der Waals surface area contributed by atoms with Gasteiger partial charge in [0.1, 0.15) is 5.82 Å². The lowest BCUT2D eigenvalue weighted by atomic mass is 10.2. The zero-order valence-corrected chi connectivity index (χ0v) is 10.8. The quantitative estimate of drug-likeness (QED) is 0.696. The Bertz CT molecular complexity index is 773. The molecule has 8 heteroatoms. The maximum absolute atomic E-state index is 12.2. The van der Waals surface area contributed by atoms with E-state index in [0.717, 1.165) is 5.56 Å². The number of amides is 1. The molecule has 0 unspecified atom stereocenters. The third kappa shape index (κ3) is 1.96. The molecule has 0 aliphatic carbocycles. The van der Waals surface area contributed by atoms with Gasteiger partial charge < -0.3 is 11.1 Å². The lowest BCUT2D eigenvalue weighted by Gasteiger charge is -2.03. The number of aromatic nitrogens is 5. The van der Waals surface area contributed by atoms with Gasteiger partial charge >= 0.3 is 0 Å². The minimum atomic E-state index is -0.226. The first kappa shape index (κ1) is 12.2. The number of hydrogen-bond acceptors (Lipinski definition) is 5. The van der Waals surface area contributed by atoms with E-state index in [2.05, 4.69) is 20.5 Å². The molecule has 1 amide bonds. The van der Waals surface area contributed by atoms with Crippen molar-refractivity contribution in [1.29, 1.82) is 0 Å². The van der Waals surface area contributed by atoms with Crippen molar-refractivity contribution in [3.63, 3.8) is 0 Å². The van der Waals surface area contributed by atoms with Gasteiger partial charge in [-0.15, -0.1) is 0 Å². The molecule has 3 aromatic heterocycles. The summed E-state index contributed by atoms with van der Waals surface area (Å²) in [5.74, 6) is 0.308. The second-order valence-electron chi connectivity index (χ2n) is 4.33. The van der Waals surface area contributed by atoms with Crippen LogP contribution in [0.1, 0.15) is 15.9 Å². The zero-order valence-electron chi connectivity index (χ0n) is 10.8. The molecule has 0 atom stereocenters. The Morgan fingerprint density at radius 2 is 2.20 bits per heavy atom. The molecular weight excluding hydrogens is 258 g/mol. The number of nitrogens with two attached hydrogens (primary N) is 1. The fourth-order valence-corrected chi connectivity index (χ4v) is 1.91. The topological polar surface area (TPSA) is 103 Å². The Balaban J connectivity index is 1.78. The normalized spacial score (nSPS) is 10.8. The first-order valence-corrected chi connectivity index (χ1v) is 5.98. The SMILES string of the molecule is Cn1ncc(CNC(=O)c2cnn3ccncc23)c1N. The Morgan fingerprint density at radius 1 is 1.35 bits per heavy atom. The largest absolute Gasteiger partial charge is 0.384 e. The van der Waals surface area contributed by atoms with Gasteiger partial charge in [0, 0.05) is 31.5 Å². The Kier molecular flexibility index (Phi) is 2.82. The third-order valence-corrected chi connectivity index (χ3v) is 3.07. The van der Waals surface area contributed by atoms with Crippen molar-refractivity contribution in [3.8, 4) is 0 Å². The van der Waals surface area contributed by atoms with Gasteiger partial charge in [-0.1, -0.05) is 0 Å². The van der Waals surface area contributed by atoms with Gasteiger partial charge in [-0.2, -0.15) is 10.2 Å². The number of nitrogen functional groups attached to an aromatic ring is 1. The third-order valence-electron chi connectivity index (χ3n) is 3.07. The van der Waals surface area contributed by atoms with E-state index < -0.39 is 0 Å². The second-order valence-corrected chi connectivity index (χ2v) is 4.33. The van der Waals surface area contributed by atoms with Crippen molar-refractivity contribution in [1.82, 2.24) is 29.7 Å². The highest BCUT2D eigenvalue weighted by Crippen LogP contribution is 2.11. The lowest BCUT2D eigenvalue weighted by Crippen LogP contribution is -2.23. The molecule has 0 spiro atoms. The molecule has 3 aromatic rings. The van der Waals surface area contributed by atoms with Crippen LogP contribution in [0.5, 0.6) is 0 Å². The molecule has 0 fully saturated rings. The van der Waals surface area contributed by atoms with Crippen LogP contribution in [0.4, 0.5) is 5.82 Å². The monoisotopic (exact) mass is 271 g/mol. The number of hydrogen-bond donors (Lipinski definition) is 2. The maximum Gasteiger partial charge on any atom is 0.255 e. The summed E-state index contributed by atoms with van der Waals surface area (Å²) in [4.78, 5) is 16.1. The van der Waals surface area contributed by atoms with Crippen molar-refractivity contribution in [2.45, 2.75) is 6.54 Å². The lowest BCUT2D eigenvalue weighted by molar-refractivity contribution is 0.0952. The minimum Gasteiger partial charge on any atom is -0.384 e. The van der Waals surface area contributed by atoms with E-state index in [1.807, 2.05) is 0 Å². The number of aryl methyl sites for hydroxylation is 1. The summed E-state index contributed by atoms with van der Waals surface area (Å²) in [6.07, 6.45) is 8.04. The summed E-state index contributed by atoms with van der Waals surface area (Å²) in [6.45, 7) is 0.316. The number of carbonyl (C=O) groups excluding carboxylic acids is 1. The first-order valence-electron chi connectivity index (χ1n) is 5.98. The van der Waals surface area contributed by atoms with Crippen LogP contribution in [-0.2, 0) is 13.6 Å². The van der Waals surface area contributed by atoms with E-state index >= 15 is 0 Å². The van der Waals surface area contributed by atoms with Gasteiger partial charge in [-0.05, 0) is 0 Å². The van der Waals surface area contributed by atoms with Gasteiger partial charge in [0.05, 0.1) is 29.7 Å². The van der Waals surface area contributed by atoms with E-state index in [9.17, 15) is 4.79 Å². The highest BCUT2D eigenvalue weighted by Gasteiger charge is 2.13. The van der Waals surface area contributed by atoms with Crippen molar-refractivity contribution in [2.24, 2.45) is 7.05 Å². The number of rotatable bonds is 3. The number of fused-ring (bicyclic) bond motifs is 1. The summed E-state index contributed by atoms with van der Waals surface area (Å²) in [5, 5.41) is 10.9. The summed E-state index contributed by atoms with van der Waals surface area (Å²) in [5.41, 5.74) is 7.72. The number of nitrogens with one attached hydrogen (secondary N) is 1. The molecule has 20 heavy (non-hydrogen) atoms. The second kappa shape index (κ2) is 4.65. The fourth-order valence-electron chi connectivity index (χ4n) is 1.91. The van der Waals surface area contributed by atoms with Gasteiger partial charge in [0.2, 0.25) is 0 Å². The van der Waals surface area contributed by atoms with E-state index in [1.54, 1.807) is 41.0 Å². The maximum atomic E-state index is 12.2. The van der Waals surface area contributed by atoms with Crippen LogP contribution in [0.2, 0.25) is 0 Å². The van der Waals surface area contributed by atoms with Crippen LogP contribution < -0.4 is 11.1 Å². The smallest absolute Gasteiger partial charge is 0.255 e. The number of carbonyl (C=O) groups is 1. The van der Waals surface area contributed by atoms with Gasteiger partial charge in [-0.3, -0.25) is 14.5 Å². The summed E-state index contributed by atoms with van der Waals surface area (Å²) in [6, 6.07) is 0. The van der Waals surface area contributed by atoms with Crippen molar-refractivity contribution < 1.29 is 4.79 Å². The first-order chi connectivity index (χ1) is 9.66. The Morgan fingerprint density at radius 3 is 2.95 bits per heavy atom. The van der Waals surface area contributed by atoms with Crippen LogP contribution in [0.25, 0.3) is 5.52 Å². The summed E-state index contributed by atoms with van der Waals surface area (Å²) in [7, 11) is 1.75. The van der Waals surface area contributed by atoms with Crippen molar-refractivity contribution in [2.75, 3.05) is 5.73 Å². The van der Waals surface area contributed by atoms with Gasteiger partial charge in [0.15, 0.2) is 0 Å². The fraction of sp³-hybridized carbons (Fsp3) is 0.167. The molecule has 3 heterocycles. The molecule has 0 radical (unpaired) electrons. The molecule has 0 aromatic carbocycles. The minimum absolute atomic E-state index is 0.226. The standard InChI is InChI=1S/C12H13N7O/c1-18-11(13)8(5-16-18)4-15-12(20)9-6-17-19-3-2-14-7-10(9)19/h2-3,5-7H,4,13H2,1H3,(H,15,20). The van der Waals surface area contributed by atoms with E-state index in [1.165, 1.54) is 6.20 Å². The molecule has 3 rings (SSSR count). The summed E-state index contributed by atoms with van der Waals surface area (Å²) >= 11 is 0. The van der Waals surface area contributed by atoms with Gasteiger partial charge in [0.25, 0.3) is 5.91 Å². The molecule has 0 saturated heterocycles. The zero-order chi connectivity index (χ0) is 14.1. The average Bonchev–Trinajstić information content (AvgIpc) is 3.02. The Labute approximate surface area is 114 Å². The average molecular weight is 271 g/mol. The molecule has 3 N–H and O–H groups in total. The molecule has 0 aliphatic heterocycles. The predicted octanol–water partition coefficient (Wildman–Crippen LogP) is -0.0250. The van der Waals surface area contributed by atoms with Gasteiger partial charge in [-0.25, -0.2) is 4.52 Å². The highest BCUT2D eigenvalue weighted by molar-refractivity contribution is 6.00. The molecule has 8 nitrogen and oxygen atoms in total. The Hall–Kier alpha value is -2.90. The van der Waals surface area contributed by atoms with Crippen molar-refractivity contribution >= 4 is 17.2 Å². The number of nitrogens with zero attached hydrogens (tertiary/aromatic N) is 5.